The number of benzene rings is 4. The van der Waals surface area contributed by atoms with Crippen molar-refractivity contribution in [2.45, 2.75) is 56.8 Å². The van der Waals surface area contributed by atoms with Gasteiger partial charge in [0.05, 0.1) is 0 Å². The third-order valence-corrected chi connectivity index (χ3v) is 12.3. The molecule has 4 aromatic carbocycles. The summed E-state index contributed by atoms with van der Waals surface area (Å²) in [5, 5.41) is 2.74. The highest BCUT2D eigenvalue weighted by atomic mass is 79.9. The van der Waals surface area contributed by atoms with E-state index in [2.05, 4.69) is 106 Å². The van der Waals surface area contributed by atoms with Gasteiger partial charge in [0.15, 0.2) is 0 Å². The molecule has 1 spiro atoms. The average molecular weight is 596 g/mol. The van der Waals surface area contributed by atoms with Crippen molar-refractivity contribution in [3.63, 3.8) is 0 Å². The fraction of sp³-hybridized carbons (Fsp3) is 0.353. The molecule has 3 fully saturated rings. The van der Waals surface area contributed by atoms with Crippen LogP contribution >= 0.6 is 31.9 Å². The highest BCUT2D eigenvalue weighted by Gasteiger charge is 2.71. The van der Waals surface area contributed by atoms with E-state index < -0.39 is 0 Å². The summed E-state index contributed by atoms with van der Waals surface area (Å²) in [5.74, 6) is 3.31. The molecule has 0 amide bonds. The first kappa shape index (κ1) is 21.1. The molecule has 2 bridgehead atoms. The first-order valence-electron chi connectivity index (χ1n) is 13.6. The maximum absolute atomic E-state index is 3.78. The fourth-order valence-corrected chi connectivity index (χ4v) is 10.6. The Balaban J connectivity index is 1.40. The summed E-state index contributed by atoms with van der Waals surface area (Å²) in [4.78, 5) is 0. The van der Waals surface area contributed by atoms with Crippen LogP contribution in [0.3, 0.4) is 0 Å². The summed E-state index contributed by atoms with van der Waals surface area (Å²) in [5.41, 5.74) is 13.0. The molecule has 5 unspecified atom stereocenters. The van der Waals surface area contributed by atoms with Crippen LogP contribution in [0.2, 0.25) is 0 Å². The maximum Gasteiger partial charge on any atom is 0.0181 e. The third kappa shape index (κ3) is 2.30. The Morgan fingerprint density at radius 1 is 0.694 bits per heavy atom. The molecule has 0 aromatic heterocycles. The first-order valence-corrected chi connectivity index (χ1v) is 15.2. The molecule has 2 heteroatoms. The summed E-state index contributed by atoms with van der Waals surface area (Å²) in [6, 6.07) is 23.8. The summed E-state index contributed by atoms with van der Waals surface area (Å²) in [6.07, 6.45) is 5.68. The molecule has 178 valence electrons. The lowest BCUT2D eigenvalue weighted by molar-refractivity contribution is -0.144. The second kappa shape index (κ2) is 6.56. The van der Waals surface area contributed by atoms with Gasteiger partial charge in [-0.25, -0.2) is 0 Å². The molecule has 0 N–H and O–H groups in total. The predicted molar refractivity (Wildman–Crippen MR) is 156 cm³/mol. The van der Waals surface area contributed by atoms with Gasteiger partial charge in [-0.3, -0.25) is 0 Å². The van der Waals surface area contributed by atoms with Gasteiger partial charge in [0.25, 0.3) is 0 Å². The molecule has 0 saturated heterocycles. The van der Waals surface area contributed by atoms with E-state index in [4.69, 9.17) is 0 Å². The molecule has 0 radical (unpaired) electrons. The van der Waals surface area contributed by atoms with Crippen LogP contribution in [0, 0.1) is 17.3 Å². The van der Waals surface area contributed by atoms with Crippen LogP contribution in [0.4, 0.5) is 0 Å². The summed E-state index contributed by atoms with van der Waals surface area (Å²) in [6.45, 7) is 4.96. The molecule has 0 heterocycles. The Hall–Kier alpha value is -1.90. The summed E-state index contributed by atoms with van der Waals surface area (Å²) in [7, 11) is 0. The van der Waals surface area contributed by atoms with E-state index in [1.807, 2.05) is 0 Å². The average Bonchev–Trinajstić information content (AvgIpc) is 3.32. The van der Waals surface area contributed by atoms with Crippen molar-refractivity contribution in [3.05, 3.63) is 91.9 Å². The first-order chi connectivity index (χ1) is 17.4. The fourth-order valence-electron chi connectivity index (χ4n) is 9.83. The highest BCUT2D eigenvalue weighted by Crippen LogP contribution is 2.81. The van der Waals surface area contributed by atoms with Crippen molar-refractivity contribution < 1.29 is 0 Å². The molecule has 3 saturated carbocycles. The van der Waals surface area contributed by atoms with E-state index in [0.717, 1.165) is 17.8 Å². The zero-order valence-corrected chi connectivity index (χ0v) is 23.8. The van der Waals surface area contributed by atoms with Crippen molar-refractivity contribution in [1.82, 2.24) is 0 Å². The van der Waals surface area contributed by atoms with E-state index >= 15 is 0 Å². The van der Waals surface area contributed by atoms with Crippen molar-refractivity contribution in [2.75, 3.05) is 0 Å². The van der Waals surface area contributed by atoms with Gasteiger partial charge in [-0.2, -0.15) is 0 Å². The van der Waals surface area contributed by atoms with Gasteiger partial charge in [0.1, 0.15) is 0 Å². The highest BCUT2D eigenvalue weighted by molar-refractivity contribution is 9.10. The third-order valence-electron chi connectivity index (χ3n) is 11.3. The van der Waals surface area contributed by atoms with Crippen molar-refractivity contribution in [1.29, 1.82) is 0 Å². The van der Waals surface area contributed by atoms with Crippen molar-refractivity contribution >= 4 is 42.6 Å². The van der Waals surface area contributed by atoms with Crippen LogP contribution in [0.25, 0.3) is 33.0 Å². The zero-order chi connectivity index (χ0) is 24.1. The minimum absolute atomic E-state index is 0.0137. The van der Waals surface area contributed by atoms with E-state index in [9.17, 15) is 0 Å². The molecule has 36 heavy (non-hydrogen) atoms. The minimum Gasteiger partial charge on any atom is -0.0534 e. The second-order valence-corrected chi connectivity index (χ2v) is 14.7. The number of hydrogen-bond acceptors (Lipinski definition) is 0. The molecule has 4 aromatic rings. The minimum atomic E-state index is 0.0137. The van der Waals surface area contributed by atoms with Crippen molar-refractivity contribution in [3.8, 4) is 22.3 Å². The molecule has 9 rings (SSSR count). The van der Waals surface area contributed by atoms with E-state index in [0.29, 0.717) is 11.3 Å². The number of hydrogen-bond donors (Lipinski definition) is 0. The van der Waals surface area contributed by atoms with E-state index in [1.54, 1.807) is 16.7 Å². The Bertz CT molecular complexity index is 1680. The van der Waals surface area contributed by atoms with Gasteiger partial charge in [-0.1, -0.05) is 76.0 Å². The number of fused-ring (bicyclic) bond motifs is 11. The van der Waals surface area contributed by atoms with Crippen LogP contribution in [0.5, 0.6) is 0 Å². The molecule has 0 nitrogen and oxygen atoms in total. The number of rotatable bonds is 0. The monoisotopic (exact) mass is 594 g/mol. The van der Waals surface area contributed by atoms with Crippen LogP contribution < -0.4 is 0 Å². The topological polar surface area (TPSA) is 0 Å². The van der Waals surface area contributed by atoms with Crippen LogP contribution in [-0.4, -0.2) is 0 Å². The molecular weight excluding hydrogens is 568 g/mol. The number of halogens is 2. The molecule has 5 aliphatic rings. The van der Waals surface area contributed by atoms with Crippen molar-refractivity contribution in [2.24, 2.45) is 17.3 Å². The summed E-state index contributed by atoms with van der Waals surface area (Å²) >= 11 is 7.50. The van der Waals surface area contributed by atoms with Gasteiger partial charge in [0.2, 0.25) is 0 Å². The van der Waals surface area contributed by atoms with Crippen LogP contribution in [-0.2, 0) is 5.41 Å². The van der Waals surface area contributed by atoms with Crippen LogP contribution in [0.15, 0.2) is 69.6 Å². The lowest BCUT2D eigenvalue weighted by atomic mass is 9.36. The Kier molecular flexibility index (Phi) is 3.84. The Labute approximate surface area is 229 Å². The van der Waals surface area contributed by atoms with E-state index in [-0.39, 0.29) is 5.41 Å². The lowest BCUT2D eigenvalue weighted by Gasteiger charge is -2.68. The van der Waals surface area contributed by atoms with Gasteiger partial charge in [-0.05, 0) is 140 Å². The Morgan fingerprint density at radius 2 is 1.44 bits per heavy atom. The largest absolute Gasteiger partial charge is 0.0534 e. The van der Waals surface area contributed by atoms with Gasteiger partial charge < -0.3 is 0 Å². The van der Waals surface area contributed by atoms with Gasteiger partial charge in [0, 0.05) is 14.4 Å². The second-order valence-electron chi connectivity index (χ2n) is 12.9. The SMILES string of the molecule is CC1(C)c2cc(Br)ccc2-c2ccc3c(c21)C1CC2CC4CC(CC421)c1cc2cc(Br)ccc2cc1-3. The van der Waals surface area contributed by atoms with Gasteiger partial charge >= 0.3 is 0 Å². The standard InChI is InChI=1S/C34H28Br2/c1-33(2)29-15-23(36)5-6-24(29)26-8-7-25-28-11-17-3-4-22(35)10-18(17)12-27(28)19-9-20-13-21-14-30(31(25)32(26)33)34(20,21)16-19/h3-8,10-12,15,19-21,30H,9,13-14,16H2,1-2H3. The normalized spacial score (nSPS) is 31.2. The Morgan fingerprint density at radius 3 is 2.31 bits per heavy atom. The van der Waals surface area contributed by atoms with Crippen LogP contribution in [0.1, 0.15) is 73.6 Å². The summed E-state index contributed by atoms with van der Waals surface area (Å²) < 4.78 is 2.36. The molecule has 0 aliphatic heterocycles. The smallest absolute Gasteiger partial charge is 0.0181 e. The molecule has 5 atom stereocenters. The predicted octanol–water partition coefficient (Wildman–Crippen LogP) is 10.3. The zero-order valence-electron chi connectivity index (χ0n) is 20.7. The quantitative estimate of drug-likeness (QED) is 0.190. The van der Waals surface area contributed by atoms with Gasteiger partial charge in [-0.15, -0.1) is 0 Å². The van der Waals surface area contributed by atoms with E-state index in [1.165, 1.54) is 73.2 Å². The molecular formula is C34H28Br2. The molecule has 5 aliphatic carbocycles. The lowest BCUT2D eigenvalue weighted by Crippen LogP contribution is -2.59. The maximum atomic E-state index is 3.78.